The smallest absolute Gasteiger partial charge is 0.296 e. The molecule has 1 aromatic heterocycles. The minimum Gasteiger partial charge on any atom is -0.501 e. The fourth-order valence-electron chi connectivity index (χ4n) is 5.81. The van der Waals surface area contributed by atoms with E-state index in [2.05, 4.69) is 20.5 Å². The molecule has 12 nitrogen and oxygen atoms in total. The van der Waals surface area contributed by atoms with Gasteiger partial charge in [-0.3, -0.25) is 23.7 Å². The molecule has 0 saturated heterocycles. The van der Waals surface area contributed by atoms with Gasteiger partial charge in [-0.15, -0.1) is 0 Å². The number of hydrogen-bond donors (Lipinski definition) is 3. The third-order valence-corrected chi connectivity index (χ3v) is 8.54. The van der Waals surface area contributed by atoms with Gasteiger partial charge in [0.25, 0.3) is 17.4 Å². The summed E-state index contributed by atoms with van der Waals surface area (Å²) in [6.07, 6.45) is 3.58. The van der Waals surface area contributed by atoms with Crippen LogP contribution in [0.2, 0.25) is 5.02 Å². The van der Waals surface area contributed by atoms with Crippen molar-refractivity contribution in [2.45, 2.75) is 44.3 Å². The Morgan fingerprint density at radius 2 is 1.77 bits per heavy atom. The highest BCUT2D eigenvalue weighted by Crippen LogP contribution is 2.49. The molecule has 2 aliphatic heterocycles. The number of aromatic nitrogens is 2. The highest BCUT2D eigenvalue weighted by atomic mass is 35.5. The van der Waals surface area contributed by atoms with E-state index in [1.807, 2.05) is 21.1 Å². The standard InChI is InChI=1S/C25H34ClFN6O3.C4H7NO2/c1-28-25-10-8-24(9-11-25,13-31(2)3)14-33-22(36)20(34)19(30-23(25)33)21(35)29-12-15-6-7-16(32(4)5)17(26)18(15)27;1-5(2)4(7)3-6/h6-7,28,34H,8-14H2,1-5H3,(H,29,35);3H,1-2H3. The number of anilines is 1. The molecule has 1 saturated carbocycles. The van der Waals surface area contributed by atoms with Crippen LogP contribution in [0.4, 0.5) is 10.1 Å². The van der Waals surface area contributed by atoms with Gasteiger partial charge >= 0.3 is 0 Å². The first kappa shape index (κ1) is 33.9. The molecule has 0 unspecified atom stereocenters. The fourth-order valence-corrected chi connectivity index (χ4v) is 6.16. The van der Waals surface area contributed by atoms with Gasteiger partial charge in [-0.05, 0) is 52.9 Å². The Kier molecular flexibility index (Phi) is 10.6. The van der Waals surface area contributed by atoms with Crippen LogP contribution in [0.3, 0.4) is 0 Å². The van der Waals surface area contributed by atoms with Gasteiger partial charge in [0.2, 0.25) is 12.0 Å². The maximum absolute atomic E-state index is 14.8. The summed E-state index contributed by atoms with van der Waals surface area (Å²) in [5.41, 5.74) is -0.990. The van der Waals surface area contributed by atoms with Gasteiger partial charge in [0, 0.05) is 58.8 Å². The first-order chi connectivity index (χ1) is 20.1. The van der Waals surface area contributed by atoms with Gasteiger partial charge in [-0.25, -0.2) is 9.37 Å². The lowest BCUT2D eigenvalue weighted by molar-refractivity contribution is -0.136. The van der Waals surface area contributed by atoms with E-state index in [1.165, 1.54) is 29.6 Å². The van der Waals surface area contributed by atoms with Crippen LogP contribution in [-0.4, -0.2) is 98.4 Å². The number of halogens is 2. The molecular formula is C29H41ClFN7O5. The number of hydrogen-bond acceptors (Lipinski definition) is 9. The van der Waals surface area contributed by atoms with E-state index < -0.39 is 34.5 Å². The summed E-state index contributed by atoms with van der Waals surface area (Å²) in [5.74, 6) is -2.14. The molecule has 1 aliphatic carbocycles. The molecule has 14 heteroatoms. The van der Waals surface area contributed by atoms with E-state index in [0.29, 0.717) is 18.1 Å². The van der Waals surface area contributed by atoms with Crippen molar-refractivity contribution in [2.24, 2.45) is 5.41 Å². The molecule has 5 rings (SSSR count). The summed E-state index contributed by atoms with van der Waals surface area (Å²) in [5, 5.41) is 16.6. The molecule has 0 atom stereocenters. The lowest BCUT2D eigenvalue weighted by Gasteiger charge is -2.43. The first-order valence-electron chi connectivity index (χ1n) is 13.9. The molecule has 1 aromatic carbocycles. The van der Waals surface area contributed by atoms with Gasteiger partial charge in [-0.2, -0.15) is 0 Å². The Morgan fingerprint density at radius 3 is 2.26 bits per heavy atom. The summed E-state index contributed by atoms with van der Waals surface area (Å²) < 4.78 is 16.3. The zero-order chi connectivity index (χ0) is 32.3. The average Bonchev–Trinajstić information content (AvgIpc) is 3.18. The lowest BCUT2D eigenvalue weighted by Crippen LogP contribution is -2.47. The van der Waals surface area contributed by atoms with Crippen LogP contribution in [0.5, 0.6) is 5.75 Å². The van der Waals surface area contributed by atoms with Gasteiger partial charge < -0.3 is 30.4 Å². The van der Waals surface area contributed by atoms with Crippen LogP contribution < -0.4 is 21.1 Å². The minimum absolute atomic E-state index is 0.0469. The SMILES string of the molecule is CN(C)C(=O)C=O.CNC12CCC(CN(C)C)(CC1)Cn1c2nc(C(=O)NCc2ccc(N(C)C)c(Cl)c2F)c(O)c1=O. The molecule has 3 aliphatic rings. The molecule has 2 aromatic rings. The number of nitrogens with one attached hydrogen (secondary N) is 2. The number of nitrogens with zero attached hydrogens (tertiary/aromatic N) is 5. The monoisotopic (exact) mass is 621 g/mol. The van der Waals surface area contributed by atoms with Gasteiger partial charge in [0.15, 0.2) is 5.69 Å². The molecule has 0 radical (unpaired) electrons. The van der Waals surface area contributed by atoms with Crippen molar-refractivity contribution in [1.82, 2.24) is 30.0 Å². The second-order valence-corrected chi connectivity index (χ2v) is 12.3. The Morgan fingerprint density at radius 1 is 1.14 bits per heavy atom. The quantitative estimate of drug-likeness (QED) is 0.296. The highest BCUT2D eigenvalue weighted by molar-refractivity contribution is 6.33. The maximum atomic E-state index is 14.8. The highest BCUT2D eigenvalue weighted by Gasteiger charge is 2.50. The molecule has 43 heavy (non-hydrogen) atoms. The van der Waals surface area contributed by atoms with Crippen LogP contribution in [0.15, 0.2) is 16.9 Å². The van der Waals surface area contributed by atoms with Crippen LogP contribution >= 0.6 is 11.6 Å². The average molecular weight is 622 g/mol. The number of fused-ring (bicyclic) bond motifs is 2. The van der Waals surface area contributed by atoms with Crippen molar-refractivity contribution in [3.63, 3.8) is 0 Å². The van der Waals surface area contributed by atoms with E-state index in [4.69, 9.17) is 11.6 Å². The molecule has 0 spiro atoms. The second kappa shape index (κ2) is 13.4. The molecule has 3 N–H and O–H groups in total. The van der Waals surface area contributed by atoms with E-state index in [1.54, 1.807) is 25.1 Å². The van der Waals surface area contributed by atoms with E-state index in [-0.39, 0.29) is 34.5 Å². The van der Waals surface area contributed by atoms with Crippen LogP contribution in [0.1, 0.15) is 47.6 Å². The number of aldehydes is 1. The number of carbonyl (C=O) groups excluding carboxylic acids is 3. The summed E-state index contributed by atoms with van der Waals surface area (Å²) in [6, 6.07) is 3.20. The normalized spacial score (nSPS) is 20.4. The van der Waals surface area contributed by atoms with Gasteiger partial charge in [0.05, 0.1) is 16.2 Å². The van der Waals surface area contributed by atoms with E-state index in [9.17, 15) is 28.7 Å². The molecule has 236 valence electrons. The number of likely N-dealkylation sites (N-methyl/N-ethyl adjacent to an activating group) is 1. The molecule has 3 heterocycles. The van der Waals surface area contributed by atoms with Crippen molar-refractivity contribution >= 4 is 35.4 Å². The number of benzene rings is 1. The van der Waals surface area contributed by atoms with Crippen molar-refractivity contribution in [2.75, 3.05) is 60.8 Å². The predicted octanol–water partition coefficient (Wildman–Crippen LogP) is 1.56. The topological polar surface area (TPSA) is 140 Å². The van der Waals surface area contributed by atoms with Crippen LogP contribution in [-0.2, 0) is 28.2 Å². The third kappa shape index (κ3) is 7.00. The lowest BCUT2D eigenvalue weighted by atomic mass is 9.68. The van der Waals surface area contributed by atoms with Crippen molar-refractivity contribution in [3.8, 4) is 5.75 Å². The Hall–Kier alpha value is -3.55. The summed E-state index contributed by atoms with van der Waals surface area (Å²) in [7, 11) is 12.4. The summed E-state index contributed by atoms with van der Waals surface area (Å²) in [4.78, 5) is 55.6. The van der Waals surface area contributed by atoms with E-state index >= 15 is 0 Å². The number of rotatable bonds is 8. The van der Waals surface area contributed by atoms with E-state index in [0.717, 1.165) is 32.2 Å². The van der Waals surface area contributed by atoms with Crippen LogP contribution in [0.25, 0.3) is 0 Å². The second-order valence-electron chi connectivity index (χ2n) is 11.9. The number of amides is 2. The largest absolute Gasteiger partial charge is 0.501 e. The fraction of sp³-hybridized carbons (Fsp3) is 0.552. The maximum Gasteiger partial charge on any atom is 0.296 e. The Labute approximate surface area is 255 Å². The molecule has 2 bridgehead atoms. The summed E-state index contributed by atoms with van der Waals surface area (Å²) >= 11 is 6.14. The van der Waals surface area contributed by atoms with Crippen molar-refractivity contribution in [3.05, 3.63) is 50.4 Å². The zero-order valence-corrected chi connectivity index (χ0v) is 26.5. The van der Waals surface area contributed by atoms with Crippen molar-refractivity contribution < 1.29 is 23.9 Å². The zero-order valence-electron chi connectivity index (χ0n) is 25.8. The van der Waals surface area contributed by atoms with Crippen molar-refractivity contribution in [1.29, 1.82) is 0 Å². The predicted molar refractivity (Wildman–Crippen MR) is 162 cm³/mol. The number of carbonyl (C=O) groups is 3. The minimum atomic E-state index is -0.756. The van der Waals surface area contributed by atoms with Crippen LogP contribution in [0, 0.1) is 11.2 Å². The number of aromatic hydroxyl groups is 1. The summed E-state index contributed by atoms with van der Waals surface area (Å²) in [6.45, 7) is 1.05. The molecular weight excluding hydrogens is 581 g/mol. The van der Waals surface area contributed by atoms with Gasteiger partial charge in [-0.1, -0.05) is 17.7 Å². The first-order valence-corrected chi connectivity index (χ1v) is 14.3. The molecule has 1 fully saturated rings. The third-order valence-electron chi connectivity index (χ3n) is 8.18. The Bertz CT molecular complexity index is 1440. The Balaban J connectivity index is 0.000000646. The van der Waals surface area contributed by atoms with Gasteiger partial charge in [0.1, 0.15) is 11.6 Å². The molecule has 2 amide bonds.